The lowest BCUT2D eigenvalue weighted by Gasteiger charge is -2.33. The van der Waals surface area contributed by atoms with Crippen molar-refractivity contribution in [2.45, 2.75) is 58.7 Å². The highest BCUT2D eigenvalue weighted by Gasteiger charge is 2.18. The van der Waals surface area contributed by atoms with Crippen LogP contribution in [0.25, 0.3) is 0 Å². The summed E-state index contributed by atoms with van der Waals surface area (Å²) in [6.07, 6.45) is 4.81. The van der Waals surface area contributed by atoms with Gasteiger partial charge < -0.3 is 5.32 Å². The lowest BCUT2D eigenvalue weighted by atomic mass is 10.0. The summed E-state index contributed by atoms with van der Waals surface area (Å²) >= 11 is 0. The van der Waals surface area contributed by atoms with E-state index in [1.807, 2.05) is 6.92 Å². The van der Waals surface area contributed by atoms with Crippen molar-refractivity contribution in [3.8, 4) is 0 Å². The third-order valence-corrected chi connectivity index (χ3v) is 5.05. The standard InChI is InChI=1S/C20H28N4O/c1-3-18-12-19(23-22-18)20(25)21-13-16-7-9-17(10-8-16)14-24-11-5-4-6-15(24)2/h7-10,12,15H,3-6,11,13-14H2,1-2H3,(H,21,25)(H,22,23). The first-order chi connectivity index (χ1) is 12.2. The van der Waals surface area contributed by atoms with Crippen LogP contribution in [0, 0.1) is 0 Å². The number of carbonyl (C=O) groups is 1. The minimum absolute atomic E-state index is 0.137. The first-order valence-electron chi connectivity index (χ1n) is 9.30. The first kappa shape index (κ1) is 17.7. The Hall–Kier alpha value is -2.14. The van der Waals surface area contributed by atoms with Gasteiger partial charge in [-0.15, -0.1) is 0 Å². The minimum atomic E-state index is -0.137. The van der Waals surface area contributed by atoms with Crippen LogP contribution in [0.2, 0.25) is 0 Å². The molecule has 5 nitrogen and oxygen atoms in total. The van der Waals surface area contributed by atoms with E-state index < -0.39 is 0 Å². The zero-order valence-electron chi connectivity index (χ0n) is 15.2. The highest BCUT2D eigenvalue weighted by atomic mass is 16.1. The Labute approximate surface area is 149 Å². The number of hydrogen-bond acceptors (Lipinski definition) is 3. The quantitative estimate of drug-likeness (QED) is 0.848. The number of amides is 1. The summed E-state index contributed by atoms with van der Waals surface area (Å²) in [4.78, 5) is 14.7. The van der Waals surface area contributed by atoms with Gasteiger partial charge in [-0.3, -0.25) is 14.8 Å². The van der Waals surface area contributed by atoms with Gasteiger partial charge in [0, 0.05) is 24.8 Å². The van der Waals surface area contributed by atoms with Crippen LogP contribution in [-0.4, -0.2) is 33.6 Å². The number of rotatable bonds is 6. The molecule has 0 aliphatic carbocycles. The largest absolute Gasteiger partial charge is 0.347 e. The van der Waals surface area contributed by atoms with E-state index in [2.05, 4.69) is 51.6 Å². The fraction of sp³-hybridized carbons (Fsp3) is 0.500. The van der Waals surface area contributed by atoms with E-state index in [-0.39, 0.29) is 5.91 Å². The molecule has 1 amide bonds. The molecule has 2 heterocycles. The van der Waals surface area contributed by atoms with Crippen molar-refractivity contribution in [1.82, 2.24) is 20.4 Å². The number of H-pyrrole nitrogens is 1. The Morgan fingerprint density at radius 1 is 1.28 bits per heavy atom. The maximum absolute atomic E-state index is 12.1. The van der Waals surface area contributed by atoms with Crippen LogP contribution < -0.4 is 5.32 Å². The maximum Gasteiger partial charge on any atom is 0.272 e. The van der Waals surface area contributed by atoms with E-state index in [4.69, 9.17) is 0 Å². The molecule has 1 aliphatic heterocycles. The molecular formula is C20H28N4O. The fourth-order valence-electron chi connectivity index (χ4n) is 3.32. The number of carbonyl (C=O) groups excluding carboxylic acids is 1. The van der Waals surface area contributed by atoms with E-state index in [0.717, 1.165) is 24.2 Å². The number of aryl methyl sites for hydroxylation is 1. The number of nitrogens with zero attached hydrogens (tertiary/aromatic N) is 2. The molecular weight excluding hydrogens is 312 g/mol. The van der Waals surface area contributed by atoms with Gasteiger partial charge in [-0.1, -0.05) is 37.6 Å². The van der Waals surface area contributed by atoms with Crippen molar-refractivity contribution >= 4 is 5.91 Å². The van der Waals surface area contributed by atoms with Gasteiger partial charge in [0.05, 0.1) is 0 Å². The minimum Gasteiger partial charge on any atom is -0.347 e. The van der Waals surface area contributed by atoms with Crippen molar-refractivity contribution in [2.24, 2.45) is 0 Å². The second kappa shape index (κ2) is 8.30. The SMILES string of the molecule is CCc1cc(C(=O)NCc2ccc(CN3CCCCC3C)cc2)n[nH]1. The average Bonchev–Trinajstić information content (AvgIpc) is 3.12. The second-order valence-electron chi connectivity index (χ2n) is 6.95. The molecule has 3 rings (SSSR count). The van der Waals surface area contributed by atoms with E-state index in [9.17, 15) is 4.79 Å². The molecule has 2 N–H and O–H groups in total. The van der Waals surface area contributed by atoms with Crippen molar-refractivity contribution < 1.29 is 4.79 Å². The molecule has 0 spiro atoms. The van der Waals surface area contributed by atoms with E-state index in [1.165, 1.54) is 31.4 Å². The molecule has 1 fully saturated rings. The van der Waals surface area contributed by atoms with Gasteiger partial charge >= 0.3 is 0 Å². The van der Waals surface area contributed by atoms with Gasteiger partial charge in [-0.2, -0.15) is 5.10 Å². The predicted molar refractivity (Wildman–Crippen MR) is 99.3 cm³/mol. The van der Waals surface area contributed by atoms with Gasteiger partial charge in [0.25, 0.3) is 5.91 Å². The summed E-state index contributed by atoms with van der Waals surface area (Å²) in [6, 6.07) is 11.0. The predicted octanol–water partition coefficient (Wildman–Crippen LogP) is 3.28. The summed E-state index contributed by atoms with van der Waals surface area (Å²) in [5.74, 6) is -0.137. The van der Waals surface area contributed by atoms with Crippen molar-refractivity contribution in [3.05, 3.63) is 52.8 Å². The highest BCUT2D eigenvalue weighted by molar-refractivity contribution is 5.92. The third-order valence-electron chi connectivity index (χ3n) is 5.05. The molecule has 1 aromatic heterocycles. The fourth-order valence-corrected chi connectivity index (χ4v) is 3.32. The number of piperidine rings is 1. The smallest absolute Gasteiger partial charge is 0.272 e. The Kier molecular flexibility index (Phi) is 5.87. The molecule has 1 atom stereocenters. The van der Waals surface area contributed by atoms with E-state index in [1.54, 1.807) is 6.07 Å². The lowest BCUT2D eigenvalue weighted by Crippen LogP contribution is -2.36. The van der Waals surface area contributed by atoms with Crippen molar-refractivity contribution in [1.29, 1.82) is 0 Å². The molecule has 1 aliphatic rings. The molecule has 0 bridgehead atoms. The van der Waals surface area contributed by atoms with Crippen molar-refractivity contribution in [2.75, 3.05) is 6.54 Å². The van der Waals surface area contributed by atoms with Crippen LogP contribution in [-0.2, 0) is 19.5 Å². The summed E-state index contributed by atoms with van der Waals surface area (Å²) < 4.78 is 0. The van der Waals surface area contributed by atoms with E-state index >= 15 is 0 Å². The van der Waals surface area contributed by atoms with Crippen molar-refractivity contribution in [3.63, 3.8) is 0 Å². The molecule has 0 saturated carbocycles. The molecule has 134 valence electrons. The highest BCUT2D eigenvalue weighted by Crippen LogP contribution is 2.19. The topological polar surface area (TPSA) is 61.0 Å². The zero-order chi connectivity index (χ0) is 17.6. The van der Waals surface area contributed by atoms with Crippen LogP contribution in [0.1, 0.15) is 60.4 Å². The number of hydrogen-bond donors (Lipinski definition) is 2. The Morgan fingerprint density at radius 3 is 2.72 bits per heavy atom. The number of benzene rings is 1. The Balaban J connectivity index is 1.51. The van der Waals surface area contributed by atoms with Crippen LogP contribution in [0.15, 0.2) is 30.3 Å². The number of aromatic amines is 1. The van der Waals surface area contributed by atoms with Crippen LogP contribution in [0.5, 0.6) is 0 Å². The lowest BCUT2D eigenvalue weighted by molar-refractivity contribution is 0.0946. The third kappa shape index (κ3) is 4.69. The van der Waals surface area contributed by atoms with Gasteiger partial charge in [-0.05, 0) is 49.9 Å². The zero-order valence-corrected chi connectivity index (χ0v) is 15.2. The number of likely N-dealkylation sites (tertiary alicyclic amines) is 1. The summed E-state index contributed by atoms with van der Waals surface area (Å²) in [6.45, 7) is 7.08. The second-order valence-corrected chi connectivity index (χ2v) is 6.95. The van der Waals surface area contributed by atoms with Crippen LogP contribution in [0.4, 0.5) is 0 Å². The van der Waals surface area contributed by atoms with Gasteiger partial charge in [0.1, 0.15) is 5.69 Å². The summed E-state index contributed by atoms with van der Waals surface area (Å²) in [7, 11) is 0. The monoisotopic (exact) mass is 340 g/mol. The van der Waals surface area contributed by atoms with Crippen LogP contribution >= 0.6 is 0 Å². The van der Waals surface area contributed by atoms with Crippen LogP contribution in [0.3, 0.4) is 0 Å². The molecule has 1 aromatic carbocycles. The molecule has 5 heteroatoms. The Bertz CT molecular complexity index is 692. The molecule has 1 saturated heterocycles. The van der Waals surface area contributed by atoms with Gasteiger partial charge in [-0.25, -0.2) is 0 Å². The average molecular weight is 340 g/mol. The van der Waals surface area contributed by atoms with Gasteiger partial charge in [0.2, 0.25) is 0 Å². The molecule has 2 aromatic rings. The number of aromatic nitrogens is 2. The summed E-state index contributed by atoms with van der Waals surface area (Å²) in [5.41, 5.74) is 3.87. The van der Waals surface area contributed by atoms with E-state index in [0.29, 0.717) is 18.3 Å². The Morgan fingerprint density at radius 2 is 2.04 bits per heavy atom. The molecule has 1 unspecified atom stereocenters. The summed E-state index contributed by atoms with van der Waals surface area (Å²) in [5, 5.41) is 9.84. The molecule has 25 heavy (non-hydrogen) atoms. The maximum atomic E-state index is 12.1. The number of nitrogens with one attached hydrogen (secondary N) is 2. The van der Waals surface area contributed by atoms with Gasteiger partial charge in [0.15, 0.2) is 0 Å². The first-order valence-corrected chi connectivity index (χ1v) is 9.30. The normalized spacial score (nSPS) is 18.2. The molecule has 0 radical (unpaired) electrons.